The minimum atomic E-state index is -5.77. The number of pyridine rings is 1. The molecule has 0 aliphatic carbocycles. The topological polar surface area (TPSA) is 67.2 Å². The van der Waals surface area contributed by atoms with Crippen LogP contribution in [0.2, 0.25) is 0 Å². The van der Waals surface area contributed by atoms with E-state index in [-0.39, 0.29) is 31.8 Å². The number of halogens is 6. The number of fused-ring (bicyclic) bond motifs is 1. The summed E-state index contributed by atoms with van der Waals surface area (Å²) in [6.07, 6.45) is -14.0. The number of nitrogens with zero attached hydrogens (tertiary/aromatic N) is 4. The van der Waals surface area contributed by atoms with Gasteiger partial charge in [0.1, 0.15) is 11.3 Å². The van der Waals surface area contributed by atoms with Gasteiger partial charge in [-0.15, -0.1) is 0 Å². The second-order valence-corrected chi connectivity index (χ2v) is 8.59. The average Bonchev–Trinajstić information content (AvgIpc) is 3.30. The average molecular weight is 492 g/mol. The molecule has 0 aromatic carbocycles. The number of carbonyl (C=O) groups excluding carboxylic acids is 2. The number of piperidine rings is 1. The smallest absolute Gasteiger partial charge is 0.426 e. The fourth-order valence-electron chi connectivity index (χ4n) is 4.87. The molecule has 0 radical (unpaired) electrons. The van der Waals surface area contributed by atoms with Crippen molar-refractivity contribution in [2.75, 3.05) is 19.6 Å². The van der Waals surface area contributed by atoms with Gasteiger partial charge in [-0.05, 0) is 44.7 Å². The molecule has 2 aromatic heterocycles. The van der Waals surface area contributed by atoms with Crippen LogP contribution in [0.5, 0.6) is 0 Å². The first kappa shape index (κ1) is 24.1. The molecule has 4 heterocycles. The third-order valence-electron chi connectivity index (χ3n) is 6.51. The zero-order valence-electron chi connectivity index (χ0n) is 18.1. The molecule has 0 unspecified atom stereocenters. The highest BCUT2D eigenvalue weighted by molar-refractivity contribution is 5.95. The Balaban J connectivity index is 1.48. The molecule has 7 nitrogen and oxygen atoms in total. The molecule has 0 bridgehead atoms. The standard InChI is InChI=1S/C21H22F6N4O3/c1-13-15(30-9-3-2-5-14(30)28-13)16(32)31-10-4-6-19(31)7-11-29(12-8-19)18(33)34-17(20(22,23)24)21(25,26)27/h2-3,5,9,17H,4,6-8,10-12H2,1H3. The molecular weight excluding hydrogens is 470 g/mol. The molecule has 2 fully saturated rings. The number of hydrogen-bond acceptors (Lipinski definition) is 4. The SMILES string of the molecule is Cc1nc2ccccn2c1C(=O)N1CCCC12CCN(C(=O)OC(C(F)(F)F)C(F)(F)F)CC2. The minimum absolute atomic E-state index is 0.128. The van der Waals surface area contributed by atoms with Crippen LogP contribution in [0.4, 0.5) is 31.1 Å². The van der Waals surface area contributed by atoms with Crippen molar-refractivity contribution >= 4 is 17.6 Å². The van der Waals surface area contributed by atoms with Gasteiger partial charge in [-0.1, -0.05) is 6.07 Å². The number of likely N-dealkylation sites (tertiary alicyclic amines) is 2. The van der Waals surface area contributed by atoms with Gasteiger partial charge in [0.2, 0.25) is 0 Å². The van der Waals surface area contributed by atoms with Crippen LogP contribution in [0.15, 0.2) is 24.4 Å². The van der Waals surface area contributed by atoms with Crippen LogP contribution in [0.3, 0.4) is 0 Å². The van der Waals surface area contributed by atoms with E-state index in [2.05, 4.69) is 9.72 Å². The van der Waals surface area contributed by atoms with Crippen molar-refractivity contribution in [3.63, 3.8) is 0 Å². The van der Waals surface area contributed by atoms with Crippen molar-refractivity contribution in [2.24, 2.45) is 0 Å². The predicted octanol–water partition coefficient (Wildman–Crippen LogP) is 4.34. The van der Waals surface area contributed by atoms with Crippen molar-refractivity contribution in [1.82, 2.24) is 19.2 Å². The Bertz CT molecular complexity index is 1070. The van der Waals surface area contributed by atoms with Gasteiger partial charge in [0.25, 0.3) is 12.0 Å². The predicted molar refractivity (Wildman–Crippen MR) is 106 cm³/mol. The fourth-order valence-corrected chi connectivity index (χ4v) is 4.87. The maximum Gasteiger partial charge on any atom is 0.434 e. The van der Waals surface area contributed by atoms with Gasteiger partial charge in [-0.3, -0.25) is 9.20 Å². The van der Waals surface area contributed by atoms with E-state index in [1.54, 1.807) is 40.6 Å². The monoisotopic (exact) mass is 492 g/mol. The van der Waals surface area contributed by atoms with Gasteiger partial charge in [0, 0.05) is 31.4 Å². The first-order valence-electron chi connectivity index (χ1n) is 10.7. The quantitative estimate of drug-likeness (QED) is 0.585. The summed E-state index contributed by atoms with van der Waals surface area (Å²) >= 11 is 0. The van der Waals surface area contributed by atoms with E-state index in [0.29, 0.717) is 36.4 Å². The summed E-state index contributed by atoms with van der Waals surface area (Å²) in [6.45, 7) is 1.92. The van der Waals surface area contributed by atoms with E-state index in [0.717, 1.165) is 4.90 Å². The summed E-state index contributed by atoms with van der Waals surface area (Å²) in [7, 11) is 0. The minimum Gasteiger partial charge on any atom is -0.426 e. The first-order chi connectivity index (χ1) is 15.8. The summed E-state index contributed by atoms with van der Waals surface area (Å²) in [5.41, 5.74) is 0.909. The highest BCUT2D eigenvalue weighted by Gasteiger charge is 2.60. The molecule has 0 atom stereocenters. The number of alkyl halides is 6. The van der Waals surface area contributed by atoms with Crippen molar-refractivity contribution < 1.29 is 40.7 Å². The summed E-state index contributed by atoms with van der Waals surface area (Å²) in [5, 5.41) is 0. The lowest BCUT2D eigenvalue weighted by Crippen LogP contribution is -2.56. The third kappa shape index (κ3) is 4.27. The Hall–Kier alpha value is -2.99. The van der Waals surface area contributed by atoms with Crippen LogP contribution < -0.4 is 0 Å². The van der Waals surface area contributed by atoms with E-state index in [1.807, 2.05) is 0 Å². The van der Waals surface area contributed by atoms with Crippen LogP contribution in [-0.4, -0.2) is 74.8 Å². The molecule has 2 aliphatic heterocycles. The molecule has 4 rings (SSSR count). The number of aromatic nitrogens is 2. The van der Waals surface area contributed by atoms with Crippen LogP contribution in [0.1, 0.15) is 41.9 Å². The fraction of sp³-hybridized carbons (Fsp3) is 0.571. The number of imidazole rings is 1. The van der Waals surface area contributed by atoms with Crippen molar-refractivity contribution in [1.29, 1.82) is 0 Å². The lowest BCUT2D eigenvalue weighted by molar-refractivity contribution is -0.308. The lowest BCUT2D eigenvalue weighted by atomic mass is 9.85. The lowest BCUT2D eigenvalue weighted by Gasteiger charge is -2.44. The molecule has 186 valence electrons. The van der Waals surface area contributed by atoms with E-state index in [4.69, 9.17) is 0 Å². The molecule has 0 saturated carbocycles. The Kier molecular flexibility index (Phi) is 5.93. The number of amides is 2. The van der Waals surface area contributed by atoms with E-state index in [9.17, 15) is 35.9 Å². The largest absolute Gasteiger partial charge is 0.434 e. The van der Waals surface area contributed by atoms with Gasteiger partial charge in [0.05, 0.1) is 5.69 Å². The second kappa shape index (κ2) is 8.35. The number of aryl methyl sites for hydroxylation is 1. The van der Waals surface area contributed by atoms with Crippen LogP contribution >= 0.6 is 0 Å². The molecule has 2 saturated heterocycles. The van der Waals surface area contributed by atoms with Crippen molar-refractivity contribution in [3.05, 3.63) is 35.8 Å². The van der Waals surface area contributed by atoms with Crippen LogP contribution in [-0.2, 0) is 4.74 Å². The van der Waals surface area contributed by atoms with Gasteiger partial charge in [0.15, 0.2) is 0 Å². The zero-order valence-corrected chi connectivity index (χ0v) is 18.1. The Morgan fingerprint density at radius 3 is 2.29 bits per heavy atom. The number of carbonyl (C=O) groups is 2. The van der Waals surface area contributed by atoms with Crippen LogP contribution in [0, 0.1) is 6.92 Å². The van der Waals surface area contributed by atoms with E-state index >= 15 is 0 Å². The highest BCUT2D eigenvalue weighted by atomic mass is 19.4. The summed E-state index contributed by atoms with van der Waals surface area (Å²) < 4.78 is 81.9. The maximum atomic E-state index is 13.5. The number of rotatable bonds is 2. The summed E-state index contributed by atoms with van der Waals surface area (Å²) in [4.78, 5) is 32.6. The molecule has 34 heavy (non-hydrogen) atoms. The Morgan fingerprint density at radius 2 is 1.68 bits per heavy atom. The van der Waals surface area contributed by atoms with E-state index < -0.39 is 30.1 Å². The Morgan fingerprint density at radius 1 is 1.03 bits per heavy atom. The normalized spacial score (nSPS) is 18.8. The van der Waals surface area contributed by atoms with Gasteiger partial charge < -0.3 is 14.5 Å². The van der Waals surface area contributed by atoms with E-state index in [1.165, 1.54) is 0 Å². The highest BCUT2D eigenvalue weighted by Crippen LogP contribution is 2.41. The molecule has 2 aromatic rings. The number of hydrogen-bond donors (Lipinski definition) is 0. The molecule has 1 spiro atoms. The zero-order chi connectivity index (χ0) is 24.9. The Labute approximate surface area is 190 Å². The second-order valence-electron chi connectivity index (χ2n) is 8.59. The first-order valence-corrected chi connectivity index (χ1v) is 10.7. The summed E-state index contributed by atoms with van der Waals surface area (Å²) in [5.74, 6) is -0.251. The maximum absolute atomic E-state index is 13.5. The van der Waals surface area contributed by atoms with Crippen molar-refractivity contribution in [2.45, 2.75) is 56.6 Å². The molecule has 2 aliphatic rings. The number of ether oxygens (including phenoxy) is 1. The van der Waals surface area contributed by atoms with Gasteiger partial charge in [-0.25, -0.2) is 9.78 Å². The molecule has 13 heteroatoms. The molecular formula is C21H22F6N4O3. The van der Waals surface area contributed by atoms with Crippen LogP contribution in [0.25, 0.3) is 5.65 Å². The third-order valence-corrected chi connectivity index (χ3v) is 6.51. The summed E-state index contributed by atoms with van der Waals surface area (Å²) in [6, 6.07) is 5.33. The molecule has 0 N–H and O–H groups in total. The van der Waals surface area contributed by atoms with Gasteiger partial charge >= 0.3 is 18.4 Å². The molecule has 2 amide bonds. The van der Waals surface area contributed by atoms with Crippen molar-refractivity contribution in [3.8, 4) is 0 Å². The van der Waals surface area contributed by atoms with Gasteiger partial charge in [-0.2, -0.15) is 26.3 Å².